The average Bonchev–Trinajstić information content (AvgIpc) is 2.28. The molecule has 2 rings (SSSR count). The molecule has 0 amide bonds. The molecule has 5 nitrogen and oxygen atoms in total. The Labute approximate surface area is 103 Å². The first kappa shape index (κ1) is 12.2. The average molecular weight is 249 g/mol. The maximum Gasteiger partial charge on any atom is 0.278 e. The molecule has 0 saturated carbocycles. The SMILES string of the molecule is CC(C)c1cc2c([N+](=O)[O-])ccc(F)c2nc1N. The highest BCUT2D eigenvalue weighted by Crippen LogP contribution is 2.31. The number of fused-ring (bicyclic) bond motifs is 1. The summed E-state index contributed by atoms with van der Waals surface area (Å²) in [7, 11) is 0. The van der Waals surface area contributed by atoms with Gasteiger partial charge in [0.25, 0.3) is 5.69 Å². The van der Waals surface area contributed by atoms with Gasteiger partial charge in [-0.25, -0.2) is 9.37 Å². The predicted molar refractivity (Wildman–Crippen MR) is 66.9 cm³/mol. The van der Waals surface area contributed by atoms with Gasteiger partial charge in [0, 0.05) is 6.07 Å². The van der Waals surface area contributed by atoms with E-state index in [1.54, 1.807) is 6.07 Å². The van der Waals surface area contributed by atoms with Crippen LogP contribution in [0.4, 0.5) is 15.9 Å². The molecule has 2 N–H and O–H groups in total. The first-order chi connectivity index (χ1) is 8.41. The molecule has 0 aliphatic carbocycles. The molecule has 0 aliphatic rings. The fourth-order valence-corrected chi connectivity index (χ4v) is 1.86. The Hall–Kier alpha value is -2.24. The monoisotopic (exact) mass is 249 g/mol. The Balaban J connectivity index is 2.88. The van der Waals surface area contributed by atoms with Gasteiger partial charge in [0.15, 0.2) is 0 Å². The Morgan fingerprint density at radius 3 is 2.67 bits per heavy atom. The summed E-state index contributed by atoms with van der Waals surface area (Å²) < 4.78 is 13.6. The van der Waals surface area contributed by atoms with E-state index in [-0.39, 0.29) is 28.3 Å². The molecule has 0 saturated heterocycles. The van der Waals surface area contributed by atoms with Crippen molar-refractivity contribution in [2.24, 2.45) is 0 Å². The van der Waals surface area contributed by atoms with Gasteiger partial charge >= 0.3 is 0 Å². The summed E-state index contributed by atoms with van der Waals surface area (Å²) in [5.41, 5.74) is 6.18. The largest absolute Gasteiger partial charge is 0.383 e. The molecule has 1 aromatic heterocycles. The molecule has 0 atom stereocenters. The number of halogens is 1. The molecule has 0 fully saturated rings. The van der Waals surface area contributed by atoms with E-state index in [0.29, 0.717) is 5.56 Å². The molecular weight excluding hydrogens is 237 g/mol. The highest BCUT2D eigenvalue weighted by molar-refractivity contribution is 5.90. The molecule has 0 radical (unpaired) electrons. The molecular formula is C12H12FN3O2. The van der Waals surface area contributed by atoms with Crippen molar-refractivity contribution in [3.63, 3.8) is 0 Å². The van der Waals surface area contributed by atoms with E-state index >= 15 is 0 Å². The van der Waals surface area contributed by atoms with E-state index in [0.717, 1.165) is 12.1 Å². The molecule has 94 valence electrons. The number of nitrogens with two attached hydrogens (primary N) is 1. The van der Waals surface area contributed by atoms with Gasteiger partial charge in [-0.15, -0.1) is 0 Å². The van der Waals surface area contributed by atoms with Crippen molar-refractivity contribution in [3.8, 4) is 0 Å². The van der Waals surface area contributed by atoms with Crippen molar-refractivity contribution in [3.05, 3.63) is 39.7 Å². The lowest BCUT2D eigenvalue weighted by atomic mass is 10.0. The standard InChI is InChI=1S/C12H12FN3O2/c1-6(2)7-5-8-10(16(17)18)4-3-9(13)11(8)15-12(7)14/h3-6H,1-2H3,(H2,14,15). The molecule has 0 unspecified atom stereocenters. The third kappa shape index (κ3) is 1.85. The number of hydrogen-bond acceptors (Lipinski definition) is 4. The number of anilines is 1. The normalized spacial score (nSPS) is 11.1. The fraction of sp³-hybridized carbons (Fsp3) is 0.250. The van der Waals surface area contributed by atoms with Crippen LogP contribution in [-0.2, 0) is 0 Å². The van der Waals surface area contributed by atoms with Gasteiger partial charge in [0.05, 0.1) is 10.3 Å². The van der Waals surface area contributed by atoms with Crippen LogP contribution in [-0.4, -0.2) is 9.91 Å². The fourth-order valence-electron chi connectivity index (χ4n) is 1.86. The zero-order chi connectivity index (χ0) is 13.4. The molecule has 6 heteroatoms. The molecule has 0 aliphatic heterocycles. The van der Waals surface area contributed by atoms with Crippen LogP contribution in [0.2, 0.25) is 0 Å². The Morgan fingerprint density at radius 1 is 1.44 bits per heavy atom. The van der Waals surface area contributed by atoms with E-state index in [1.165, 1.54) is 0 Å². The van der Waals surface area contributed by atoms with Crippen molar-refractivity contribution in [2.45, 2.75) is 19.8 Å². The smallest absolute Gasteiger partial charge is 0.278 e. The minimum Gasteiger partial charge on any atom is -0.383 e. The summed E-state index contributed by atoms with van der Waals surface area (Å²) in [4.78, 5) is 14.3. The Bertz CT molecular complexity index is 641. The van der Waals surface area contributed by atoms with Gasteiger partial charge in [-0.1, -0.05) is 13.8 Å². The van der Waals surface area contributed by atoms with E-state index < -0.39 is 10.7 Å². The van der Waals surface area contributed by atoms with Crippen LogP contribution in [0.3, 0.4) is 0 Å². The molecule has 0 spiro atoms. The van der Waals surface area contributed by atoms with Crippen molar-refractivity contribution in [1.82, 2.24) is 4.98 Å². The Kier molecular flexibility index (Phi) is 2.86. The zero-order valence-electron chi connectivity index (χ0n) is 9.98. The number of aromatic nitrogens is 1. The minimum atomic E-state index is -0.613. The molecule has 0 bridgehead atoms. The van der Waals surface area contributed by atoms with Crippen LogP contribution in [0, 0.1) is 15.9 Å². The first-order valence-corrected chi connectivity index (χ1v) is 5.45. The van der Waals surface area contributed by atoms with Gasteiger partial charge < -0.3 is 5.73 Å². The number of hydrogen-bond donors (Lipinski definition) is 1. The van der Waals surface area contributed by atoms with Crippen LogP contribution >= 0.6 is 0 Å². The number of nitrogen functional groups attached to an aromatic ring is 1. The predicted octanol–water partition coefficient (Wildman–Crippen LogP) is 2.99. The number of rotatable bonds is 2. The van der Waals surface area contributed by atoms with Gasteiger partial charge in [0.1, 0.15) is 17.2 Å². The third-order valence-electron chi connectivity index (χ3n) is 2.79. The van der Waals surface area contributed by atoms with Gasteiger partial charge in [-0.3, -0.25) is 10.1 Å². The van der Waals surface area contributed by atoms with E-state index in [9.17, 15) is 14.5 Å². The number of nitro benzene ring substituents is 1. The highest BCUT2D eigenvalue weighted by Gasteiger charge is 2.18. The summed E-state index contributed by atoms with van der Waals surface area (Å²) in [5.74, 6) is -0.348. The topological polar surface area (TPSA) is 82.0 Å². The summed E-state index contributed by atoms with van der Waals surface area (Å²) in [6.45, 7) is 3.79. The second-order valence-electron chi connectivity index (χ2n) is 4.34. The van der Waals surface area contributed by atoms with Crippen LogP contribution in [0.1, 0.15) is 25.3 Å². The van der Waals surface area contributed by atoms with Crippen molar-refractivity contribution < 1.29 is 9.31 Å². The second-order valence-corrected chi connectivity index (χ2v) is 4.34. The second kappa shape index (κ2) is 4.21. The van der Waals surface area contributed by atoms with Gasteiger partial charge in [-0.2, -0.15) is 0 Å². The molecule has 2 aromatic rings. The minimum absolute atomic E-state index is 0.0600. The third-order valence-corrected chi connectivity index (χ3v) is 2.79. The lowest BCUT2D eigenvalue weighted by molar-refractivity contribution is -0.383. The van der Waals surface area contributed by atoms with Gasteiger partial charge in [-0.05, 0) is 23.6 Å². The Morgan fingerprint density at radius 2 is 2.11 bits per heavy atom. The van der Waals surface area contributed by atoms with E-state index in [2.05, 4.69) is 4.98 Å². The quantitative estimate of drug-likeness (QED) is 0.655. The molecule has 18 heavy (non-hydrogen) atoms. The van der Waals surface area contributed by atoms with E-state index in [1.807, 2.05) is 13.8 Å². The van der Waals surface area contributed by atoms with Crippen LogP contribution in [0.25, 0.3) is 10.9 Å². The number of non-ortho nitro benzene ring substituents is 1. The van der Waals surface area contributed by atoms with Gasteiger partial charge in [0.2, 0.25) is 0 Å². The number of benzene rings is 1. The molecule has 1 heterocycles. The number of pyridine rings is 1. The summed E-state index contributed by atoms with van der Waals surface area (Å²) in [6.07, 6.45) is 0. The summed E-state index contributed by atoms with van der Waals surface area (Å²) >= 11 is 0. The maximum absolute atomic E-state index is 13.6. The lowest BCUT2D eigenvalue weighted by Gasteiger charge is -2.10. The summed E-state index contributed by atoms with van der Waals surface area (Å²) in [5, 5.41) is 11.1. The number of nitro groups is 1. The number of nitrogens with zero attached hydrogens (tertiary/aromatic N) is 2. The van der Waals surface area contributed by atoms with Crippen LogP contribution in [0.5, 0.6) is 0 Å². The van der Waals surface area contributed by atoms with Crippen molar-refractivity contribution in [1.29, 1.82) is 0 Å². The van der Waals surface area contributed by atoms with Crippen molar-refractivity contribution >= 4 is 22.4 Å². The molecule has 1 aromatic carbocycles. The maximum atomic E-state index is 13.6. The van der Waals surface area contributed by atoms with Crippen LogP contribution in [0.15, 0.2) is 18.2 Å². The van der Waals surface area contributed by atoms with E-state index in [4.69, 9.17) is 5.73 Å². The zero-order valence-corrected chi connectivity index (χ0v) is 9.98. The van der Waals surface area contributed by atoms with Crippen LogP contribution < -0.4 is 5.73 Å². The first-order valence-electron chi connectivity index (χ1n) is 5.45. The lowest BCUT2D eigenvalue weighted by Crippen LogP contribution is -2.02. The van der Waals surface area contributed by atoms with Crippen molar-refractivity contribution in [2.75, 3.05) is 5.73 Å². The highest BCUT2D eigenvalue weighted by atomic mass is 19.1. The summed E-state index contributed by atoms with van der Waals surface area (Å²) in [6, 6.07) is 3.71.